The Labute approximate surface area is 258 Å². The number of benzene rings is 2. The Morgan fingerprint density at radius 1 is 0.909 bits per heavy atom. The Hall–Kier alpha value is -4.51. The molecular formula is C33H44N6O5. The molecule has 6 N–H and O–H groups in total. The van der Waals surface area contributed by atoms with Crippen molar-refractivity contribution in [2.24, 2.45) is 11.7 Å². The van der Waals surface area contributed by atoms with Crippen LogP contribution in [0.15, 0.2) is 66.7 Å². The molecule has 3 aromatic rings. The Bertz CT molecular complexity index is 1440. The SMILES string of the molecule is CC(C)CN(C[C@@H](O)[C@H](Cc1ccccc1)NC(=O)C(CC(N)=O)NC(=O)c1ccc2ccccc2n1)C(=O)NC(C)(C)C. The minimum absolute atomic E-state index is 0.0638. The lowest BCUT2D eigenvalue weighted by atomic mass is 9.99. The van der Waals surface area contributed by atoms with Crippen LogP contribution in [0.25, 0.3) is 10.9 Å². The standard InChI is InChI=1S/C33H44N6O5/c1-21(2)19-39(32(44)38-33(3,4)5)20-28(40)26(17-22-11-7-6-8-12-22)36-31(43)27(18-29(34)41)37-30(42)25-16-15-23-13-9-10-14-24(23)35-25/h6-16,21,26-28,40H,17-20H2,1-5H3,(H2,34,41)(H,36,43)(H,37,42)(H,38,44)/t26-,27?,28+/m0/s1. The molecule has 44 heavy (non-hydrogen) atoms. The first kappa shape index (κ1) is 34.0. The highest BCUT2D eigenvalue weighted by Gasteiger charge is 2.31. The van der Waals surface area contributed by atoms with E-state index < -0.39 is 47.9 Å². The first-order valence-corrected chi connectivity index (χ1v) is 14.8. The number of pyridine rings is 1. The summed E-state index contributed by atoms with van der Waals surface area (Å²) in [4.78, 5) is 57.7. The van der Waals surface area contributed by atoms with E-state index in [1.165, 1.54) is 11.0 Å². The van der Waals surface area contributed by atoms with E-state index in [9.17, 15) is 24.3 Å². The first-order valence-electron chi connectivity index (χ1n) is 14.8. The Balaban J connectivity index is 1.83. The fraction of sp³-hybridized carbons (Fsp3) is 0.424. The average molecular weight is 605 g/mol. The minimum atomic E-state index is -1.32. The normalized spacial score (nSPS) is 13.5. The van der Waals surface area contributed by atoms with Gasteiger partial charge in [0, 0.05) is 17.5 Å². The smallest absolute Gasteiger partial charge is 0.317 e. The van der Waals surface area contributed by atoms with Crippen LogP contribution in [-0.4, -0.2) is 75.6 Å². The summed E-state index contributed by atoms with van der Waals surface area (Å²) in [7, 11) is 0. The van der Waals surface area contributed by atoms with Gasteiger partial charge in [-0.2, -0.15) is 0 Å². The number of aliphatic hydroxyl groups is 1. The van der Waals surface area contributed by atoms with Crippen molar-refractivity contribution in [3.63, 3.8) is 0 Å². The zero-order valence-corrected chi connectivity index (χ0v) is 26.0. The van der Waals surface area contributed by atoms with Crippen LogP contribution >= 0.6 is 0 Å². The van der Waals surface area contributed by atoms with Crippen LogP contribution in [-0.2, 0) is 16.0 Å². The van der Waals surface area contributed by atoms with Crippen molar-refractivity contribution in [1.29, 1.82) is 0 Å². The zero-order valence-electron chi connectivity index (χ0n) is 26.0. The van der Waals surface area contributed by atoms with Crippen LogP contribution in [0.1, 0.15) is 57.1 Å². The first-order chi connectivity index (χ1) is 20.7. The molecule has 0 aliphatic heterocycles. The van der Waals surface area contributed by atoms with Gasteiger partial charge in [0.1, 0.15) is 11.7 Å². The number of aromatic nitrogens is 1. The molecule has 11 heteroatoms. The van der Waals surface area contributed by atoms with E-state index in [2.05, 4.69) is 20.9 Å². The molecule has 11 nitrogen and oxygen atoms in total. The van der Waals surface area contributed by atoms with Crippen LogP contribution in [0.5, 0.6) is 0 Å². The third-order valence-electron chi connectivity index (χ3n) is 6.71. The fourth-order valence-corrected chi connectivity index (χ4v) is 4.70. The van der Waals surface area contributed by atoms with Gasteiger partial charge >= 0.3 is 6.03 Å². The second-order valence-electron chi connectivity index (χ2n) is 12.4. The summed E-state index contributed by atoms with van der Waals surface area (Å²) >= 11 is 0. The van der Waals surface area contributed by atoms with Gasteiger partial charge < -0.3 is 31.7 Å². The van der Waals surface area contributed by atoms with Gasteiger partial charge in [-0.05, 0) is 50.8 Å². The number of fused-ring (bicyclic) bond motifs is 1. The number of nitrogens with two attached hydrogens (primary N) is 1. The molecule has 0 spiro atoms. The van der Waals surface area contributed by atoms with E-state index in [4.69, 9.17) is 5.73 Å². The maximum absolute atomic E-state index is 13.6. The number of aliphatic hydroxyl groups excluding tert-OH is 1. The molecule has 0 fully saturated rings. The molecule has 3 rings (SSSR count). The van der Waals surface area contributed by atoms with Crippen molar-refractivity contribution in [3.8, 4) is 0 Å². The second-order valence-corrected chi connectivity index (χ2v) is 12.4. The largest absolute Gasteiger partial charge is 0.389 e. The Kier molecular flexibility index (Phi) is 11.8. The lowest BCUT2D eigenvalue weighted by Crippen LogP contribution is -2.57. The predicted molar refractivity (Wildman–Crippen MR) is 170 cm³/mol. The molecular weight excluding hydrogens is 560 g/mol. The van der Waals surface area contributed by atoms with E-state index in [1.54, 1.807) is 18.2 Å². The van der Waals surface area contributed by atoms with Crippen molar-refractivity contribution < 1.29 is 24.3 Å². The molecule has 3 atom stereocenters. The summed E-state index contributed by atoms with van der Waals surface area (Å²) in [6.45, 7) is 9.86. The highest BCUT2D eigenvalue weighted by Crippen LogP contribution is 2.14. The maximum atomic E-state index is 13.6. The summed E-state index contributed by atoms with van der Waals surface area (Å²) in [6, 6.07) is 17.3. The molecule has 0 bridgehead atoms. The number of para-hydroxylation sites is 1. The molecule has 236 valence electrons. The summed E-state index contributed by atoms with van der Waals surface area (Å²) < 4.78 is 0. The number of urea groups is 1. The molecule has 5 amide bonds. The van der Waals surface area contributed by atoms with Gasteiger partial charge in [0.05, 0.1) is 30.6 Å². The number of carbonyl (C=O) groups is 4. The number of nitrogens with zero attached hydrogens (tertiary/aromatic N) is 2. The van der Waals surface area contributed by atoms with Gasteiger partial charge in [-0.3, -0.25) is 14.4 Å². The fourth-order valence-electron chi connectivity index (χ4n) is 4.70. The monoisotopic (exact) mass is 604 g/mol. The van der Waals surface area contributed by atoms with Crippen molar-refractivity contribution in [1.82, 2.24) is 25.8 Å². The topological polar surface area (TPSA) is 167 Å². The van der Waals surface area contributed by atoms with Gasteiger partial charge in [0.15, 0.2) is 0 Å². The maximum Gasteiger partial charge on any atom is 0.317 e. The number of hydrogen-bond acceptors (Lipinski definition) is 6. The Morgan fingerprint density at radius 3 is 2.20 bits per heavy atom. The predicted octanol–water partition coefficient (Wildman–Crippen LogP) is 2.76. The molecule has 0 aliphatic rings. The molecule has 1 aromatic heterocycles. The van der Waals surface area contributed by atoms with Gasteiger partial charge in [-0.25, -0.2) is 9.78 Å². The van der Waals surface area contributed by atoms with E-state index in [0.29, 0.717) is 12.1 Å². The zero-order chi connectivity index (χ0) is 32.4. The highest BCUT2D eigenvalue weighted by molar-refractivity contribution is 5.99. The van der Waals surface area contributed by atoms with Crippen LogP contribution in [0, 0.1) is 5.92 Å². The van der Waals surface area contributed by atoms with E-state index in [1.807, 2.05) is 77.1 Å². The number of nitrogens with one attached hydrogen (secondary N) is 3. The lowest BCUT2D eigenvalue weighted by Gasteiger charge is -2.34. The number of hydrogen-bond donors (Lipinski definition) is 5. The average Bonchev–Trinajstić information content (AvgIpc) is 2.94. The van der Waals surface area contributed by atoms with Crippen molar-refractivity contribution in [2.75, 3.05) is 13.1 Å². The van der Waals surface area contributed by atoms with E-state index >= 15 is 0 Å². The van der Waals surface area contributed by atoms with Crippen molar-refractivity contribution in [3.05, 3.63) is 78.0 Å². The molecule has 0 saturated heterocycles. The minimum Gasteiger partial charge on any atom is -0.389 e. The summed E-state index contributed by atoms with van der Waals surface area (Å²) in [5.41, 5.74) is 6.46. The van der Waals surface area contributed by atoms with Crippen molar-refractivity contribution >= 4 is 34.7 Å². The van der Waals surface area contributed by atoms with E-state index in [0.717, 1.165) is 10.9 Å². The molecule has 2 aromatic carbocycles. The highest BCUT2D eigenvalue weighted by atomic mass is 16.3. The summed E-state index contributed by atoms with van der Waals surface area (Å²) in [5, 5.41) is 20.6. The van der Waals surface area contributed by atoms with Crippen LogP contribution < -0.4 is 21.7 Å². The van der Waals surface area contributed by atoms with Crippen molar-refractivity contribution in [2.45, 2.75) is 71.2 Å². The number of amides is 5. The van der Waals surface area contributed by atoms with Crippen LogP contribution in [0.2, 0.25) is 0 Å². The molecule has 0 saturated carbocycles. The van der Waals surface area contributed by atoms with Gasteiger partial charge in [0.2, 0.25) is 11.8 Å². The van der Waals surface area contributed by atoms with E-state index in [-0.39, 0.29) is 30.6 Å². The number of rotatable bonds is 13. The molecule has 0 aliphatic carbocycles. The molecule has 1 heterocycles. The van der Waals surface area contributed by atoms with Gasteiger partial charge in [0.25, 0.3) is 5.91 Å². The Morgan fingerprint density at radius 2 is 1.57 bits per heavy atom. The number of primary amides is 1. The quantitative estimate of drug-likeness (QED) is 0.201. The lowest BCUT2D eigenvalue weighted by molar-refractivity contribution is -0.128. The molecule has 0 radical (unpaired) electrons. The van der Waals surface area contributed by atoms with Gasteiger partial charge in [-0.15, -0.1) is 0 Å². The molecule has 1 unspecified atom stereocenters. The second kappa shape index (κ2) is 15.3. The van der Waals surface area contributed by atoms with Gasteiger partial charge in [-0.1, -0.05) is 68.4 Å². The third-order valence-corrected chi connectivity index (χ3v) is 6.71. The summed E-state index contributed by atoms with van der Waals surface area (Å²) in [6.07, 6.45) is -1.42. The number of carbonyl (C=O) groups excluding carboxylic acids is 4. The van der Waals surface area contributed by atoms with Crippen LogP contribution in [0.4, 0.5) is 4.79 Å². The third kappa shape index (κ3) is 10.6. The van der Waals surface area contributed by atoms with Crippen LogP contribution in [0.3, 0.4) is 0 Å². The summed E-state index contributed by atoms with van der Waals surface area (Å²) in [5.74, 6) is -2.03.